The summed E-state index contributed by atoms with van der Waals surface area (Å²) in [7, 11) is 0. The average molecular weight is 256 g/mol. The van der Waals surface area contributed by atoms with Crippen LogP contribution in [-0.2, 0) is 20.9 Å². The van der Waals surface area contributed by atoms with Gasteiger partial charge >= 0.3 is 0 Å². The van der Waals surface area contributed by atoms with Crippen LogP contribution in [0.2, 0.25) is 0 Å². The molecule has 5 heteroatoms. The van der Waals surface area contributed by atoms with Crippen LogP contribution >= 0.6 is 17.1 Å². The number of hydrogen-bond acceptors (Lipinski definition) is 4. The third-order valence-electron chi connectivity index (χ3n) is 1.72. The molecule has 14 heavy (non-hydrogen) atoms. The van der Waals surface area contributed by atoms with Gasteiger partial charge in [0.05, 0.1) is 13.2 Å². The van der Waals surface area contributed by atoms with Gasteiger partial charge < -0.3 is 9.05 Å². The summed E-state index contributed by atoms with van der Waals surface area (Å²) in [6.07, 6.45) is 6.38. The van der Waals surface area contributed by atoms with Gasteiger partial charge in [-0.3, -0.25) is 0 Å². The number of hydrogen-bond donors (Lipinski definition) is 0. The summed E-state index contributed by atoms with van der Waals surface area (Å²) in [6, 6.07) is 0. The smallest absolute Gasteiger partial charge is 0.247 e. The SMILES string of the molecule is CCCCOP(=S)(OCCCC)SC. The van der Waals surface area contributed by atoms with Gasteiger partial charge in [-0.05, 0) is 30.9 Å². The lowest BCUT2D eigenvalue weighted by Gasteiger charge is -2.19. The van der Waals surface area contributed by atoms with E-state index in [0.717, 1.165) is 38.9 Å². The highest BCUT2D eigenvalue weighted by atomic mass is 32.9. The van der Waals surface area contributed by atoms with Crippen LogP contribution in [0.15, 0.2) is 0 Å². The largest absolute Gasteiger partial charge is 0.322 e. The molecule has 0 radical (unpaired) electrons. The van der Waals surface area contributed by atoms with E-state index in [9.17, 15) is 0 Å². The summed E-state index contributed by atoms with van der Waals surface area (Å²) in [4.78, 5) is 0. The molecule has 0 atom stereocenters. The van der Waals surface area contributed by atoms with Gasteiger partial charge in [0, 0.05) is 0 Å². The molecule has 0 aliphatic carbocycles. The minimum Gasteiger partial charge on any atom is -0.322 e. The van der Waals surface area contributed by atoms with Gasteiger partial charge in [-0.2, -0.15) is 0 Å². The molecule has 0 aromatic rings. The van der Waals surface area contributed by atoms with Crippen molar-refractivity contribution in [3.8, 4) is 0 Å². The zero-order chi connectivity index (χ0) is 10.9. The van der Waals surface area contributed by atoms with Gasteiger partial charge in [0.2, 0.25) is 5.69 Å². The van der Waals surface area contributed by atoms with Crippen molar-refractivity contribution in [1.29, 1.82) is 0 Å². The van der Waals surface area contributed by atoms with E-state index in [4.69, 9.17) is 20.9 Å². The molecule has 0 saturated heterocycles. The van der Waals surface area contributed by atoms with Crippen LogP contribution in [0.5, 0.6) is 0 Å². The number of unbranched alkanes of at least 4 members (excludes halogenated alkanes) is 2. The maximum atomic E-state index is 5.63. The molecule has 0 aromatic carbocycles. The maximum absolute atomic E-state index is 5.63. The van der Waals surface area contributed by atoms with Crippen molar-refractivity contribution in [1.82, 2.24) is 0 Å². The highest BCUT2D eigenvalue weighted by molar-refractivity contribution is 8.67. The summed E-state index contributed by atoms with van der Waals surface area (Å²) >= 11 is 6.91. The highest BCUT2D eigenvalue weighted by Crippen LogP contribution is 2.59. The zero-order valence-electron chi connectivity index (χ0n) is 9.32. The Morgan fingerprint density at radius 3 is 1.79 bits per heavy atom. The van der Waals surface area contributed by atoms with Crippen molar-refractivity contribution < 1.29 is 9.05 Å². The van der Waals surface area contributed by atoms with Crippen molar-refractivity contribution in [2.45, 2.75) is 39.5 Å². The normalized spacial score (nSPS) is 11.9. The Labute approximate surface area is 97.1 Å². The highest BCUT2D eigenvalue weighted by Gasteiger charge is 2.16. The van der Waals surface area contributed by atoms with Crippen molar-refractivity contribution in [2.24, 2.45) is 0 Å². The second-order valence-corrected chi connectivity index (χ2v) is 9.45. The molecule has 0 N–H and O–H groups in total. The molecule has 0 aliphatic rings. The van der Waals surface area contributed by atoms with Gasteiger partial charge in [-0.1, -0.05) is 38.1 Å². The first-order valence-electron chi connectivity index (χ1n) is 5.13. The Morgan fingerprint density at radius 1 is 1.07 bits per heavy atom. The molecule has 0 heterocycles. The van der Waals surface area contributed by atoms with E-state index in [1.807, 2.05) is 6.26 Å². The Balaban J connectivity index is 3.74. The van der Waals surface area contributed by atoms with Gasteiger partial charge in [-0.25, -0.2) is 0 Å². The van der Waals surface area contributed by atoms with Crippen molar-refractivity contribution in [3.05, 3.63) is 0 Å². The van der Waals surface area contributed by atoms with Crippen LogP contribution in [0.3, 0.4) is 0 Å². The Morgan fingerprint density at radius 2 is 1.50 bits per heavy atom. The molecule has 0 aromatic heterocycles. The summed E-state index contributed by atoms with van der Waals surface area (Å²) in [5.74, 6) is 0. The Hall–Kier alpha value is 0.920. The van der Waals surface area contributed by atoms with E-state index in [2.05, 4.69) is 13.8 Å². The number of rotatable bonds is 9. The van der Waals surface area contributed by atoms with Crippen LogP contribution in [0.4, 0.5) is 0 Å². The van der Waals surface area contributed by atoms with Gasteiger partial charge in [0.25, 0.3) is 0 Å². The Bertz CT molecular complexity index is 162. The van der Waals surface area contributed by atoms with E-state index in [1.165, 1.54) is 0 Å². The first-order chi connectivity index (χ1) is 6.68. The van der Waals surface area contributed by atoms with Crippen LogP contribution in [-0.4, -0.2) is 19.5 Å². The van der Waals surface area contributed by atoms with Crippen molar-refractivity contribution >= 4 is 28.9 Å². The van der Waals surface area contributed by atoms with Gasteiger partial charge in [-0.15, -0.1) is 0 Å². The van der Waals surface area contributed by atoms with Gasteiger partial charge in [0.1, 0.15) is 0 Å². The average Bonchev–Trinajstić information content (AvgIpc) is 2.19. The monoisotopic (exact) mass is 256 g/mol. The lowest BCUT2D eigenvalue weighted by Crippen LogP contribution is -1.96. The molecule has 86 valence electrons. The summed E-state index contributed by atoms with van der Waals surface area (Å²) in [6.45, 7) is 5.76. The fourth-order valence-electron chi connectivity index (χ4n) is 0.784. The van der Waals surface area contributed by atoms with Gasteiger partial charge in [0.15, 0.2) is 0 Å². The van der Waals surface area contributed by atoms with E-state index < -0.39 is 5.69 Å². The molecule has 0 unspecified atom stereocenters. The minimum atomic E-state index is -2.01. The molecule has 0 rings (SSSR count). The third kappa shape index (κ3) is 7.24. The first-order valence-corrected chi connectivity index (χ1v) is 9.60. The lowest BCUT2D eigenvalue weighted by molar-refractivity contribution is 0.253. The molecule has 2 nitrogen and oxygen atoms in total. The second-order valence-electron chi connectivity index (χ2n) is 3.00. The van der Waals surface area contributed by atoms with Crippen LogP contribution < -0.4 is 0 Å². The summed E-state index contributed by atoms with van der Waals surface area (Å²) in [5, 5.41) is 0. The summed E-state index contributed by atoms with van der Waals surface area (Å²) in [5.41, 5.74) is -2.01. The van der Waals surface area contributed by atoms with E-state index >= 15 is 0 Å². The fourth-order valence-corrected chi connectivity index (χ4v) is 3.30. The fraction of sp³-hybridized carbons (Fsp3) is 1.00. The van der Waals surface area contributed by atoms with Crippen LogP contribution in [0.1, 0.15) is 39.5 Å². The molecule has 0 bridgehead atoms. The van der Waals surface area contributed by atoms with Crippen LogP contribution in [0, 0.1) is 0 Å². The standard InChI is InChI=1S/C9H21O2PS2/c1-4-6-8-10-12(13,14-3)11-9-7-5-2/h4-9H2,1-3H3. The molecule has 0 fully saturated rings. The molecular weight excluding hydrogens is 235 g/mol. The second kappa shape index (κ2) is 9.17. The molecule has 0 amide bonds. The van der Waals surface area contributed by atoms with E-state index in [0.29, 0.717) is 0 Å². The third-order valence-corrected chi connectivity index (χ3v) is 7.11. The molecule has 0 aliphatic heterocycles. The topological polar surface area (TPSA) is 18.5 Å². The van der Waals surface area contributed by atoms with Crippen molar-refractivity contribution in [3.63, 3.8) is 0 Å². The minimum absolute atomic E-state index is 0.737. The predicted octanol–water partition coefficient (Wildman–Crippen LogP) is 4.21. The predicted molar refractivity (Wildman–Crippen MR) is 69.5 cm³/mol. The molecule has 0 spiro atoms. The lowest BCUT2D eigenvalue weighted by atomic mass is 10.4. The maximum Gasteiger partial charge on any atom is 0.247 e. The molecular formula is C9H21O2PS2. The van der Waals surface area contributed by atoms with Crippen molar-refractivity contribution in [2.75, 3.05) is 19.5 Å². The van der Waals surface area contributed by atoms with E-state index in [-0.39, 0.29) is 0 Å². The summed E-state index contributed by atoms with van der Waals surface area (Å²) < 4.78 is 11.3. The van der Waals surface area contributed by atoms with Crippen LogP contribution in [0.25, 0.3) is 0 Å². The zero-order valence-corrected chi connectivity index (χ0v) is 11.9. The first kappa shape index (κ1) is 14.9. The quantitative estimate of drug-likeness (QED) is 0.454. The van der Waals surface area contributed by atoms with E-state index in [1.54, 1.807) is 11.4 Å². The Kier molecular flexibility index (Phi) is 9.77. The molecule has 0 saturated carbocycles.